The molecule has 2 nitrogen and oxygen atoms in total. The van der Waals surface area contributed by atoms with Gasteiger partial charge in [-0.3, -0.25) is 0 Å². The summed E-state index contributed by atoms with van der Waals surface area (Å²) in [5.41, 5.74) is 1.35. The van der Waals surface area contributed by atoms with Gasteiger partial charge in [-0.25, -0.2) is 0 Å². The number of allylic oxidation sites excluding steroid dienone is 2. The molecule has 72 valence electrons. The molecule has 0 aliphatic heterocycles. The Bertz CT molecular complexity index is 239. The second-order valence-corrected chi connectivity index (χ2v) is 4.12. The molecule has 1 aliphatic rings. The summed E-state index contributed by atoms with van der Waals surface area (Å²) in [6, 6.07) is 2.02. The average molecular weight is 179 g/mol. The summed E-state index contributed by atoms with van der Waals surface area (Å²) in [4.78, 5) is 0. The first-order chi connectivity index (χ1) is 6.13. The lowest BCUT2D eigenvalue weighted by molar-refractivity contribution is 0.0971. The minimum atomic E-state index is -0.434. The number of hydrogen-bond donors (Lipinski definition) is 1. The number of hydrogen-bond acceptors (Lipinski definition) is 2. The van der Waals surface area contributed by atoms with Crippen molar-refractivity contribution >= 4 is 0 Å². The van der Waals surface area contributed by atoms with Crippen molar-refractivity contribution in [1.29, 1.82) is 5.26 Å². The maximum absolute atomic E-state index is 9.66. The van der Waals surface area contributed by atoms with Crippen LogP contribution in [0.3, 0.4) is 0 Å². The van der Waals surface area contributed by atoms with Crippen molar-refractivity contribution in [3.63, 3.8) is 0 Å². The van der Waals surface area contributed by atoms with Gasteiger partial charge in [0.2, 0.25) is 0 Å². The third-order valence-corrected chi connectivity index (χ3v) is 2.67. The molecule has 0 saturated carbocycles. The highest BCUT2D eigenvalue weighted by Gasteiger charge is 2.24. The topological polar surface area (TPSA) is 44.0 Å². The zero-order chi connectivity index (χ0) is 9.84. The molecule has 0 fully saturated rings. The van der Waals surface area contributed by atoms with E-state index in [0.29, 0.717) is 11.8 Å². The SMILES string of the molecule is CC1=CC(C)CC(C(O)CC#N)C1. The van der Waals surface area contributed by atoms with Gasteiger partial charge in [-0.2, -0.15) is 5.26 Å². The maximum atomic E-state index is 9.66. The van der Waals surface area contributed by atoms with Gasteiger partial charge < -0.3 is 5.11 Å². The van der Waals surface area contributed by atoms with Crippen LogP contribution in [-0.2, 0) is 0 Å². The minimum absolute atomic E-state index is 0.269. The van der Waals surface area contributed by atoms with Gasteiger partial charge in [-0.15, -0.1) is 0 Å². The summed E-state index contributed by atoms with van der Waals surface area (Å²) in [5.74, 6) is 0.840. The molecule has 0 amide bonds. The smallest absolute Gasteiger partial charge is 0.0701 e. The van der Waals surface area contributed by atoms with Crippen LogP contribution in [0.5, 0.6) is 0 Å². The van der Waals surface area contributed by atoms with E-state index in [1.807, 2.05) is 6.07 Å². The van der Waals surface area contributed by atoms with E-state index in [9.17, 15) is 5.11 Å². The number of nitriles is 1. The van der Waals surface area contributed by atoms with Crippen LogP contribution in [0.25, 0.3) is 0 Å². The van der Waals surface area contributed by atoms with Gasteiger partial charge in [0, 0.05) is 0 Å². The highest BCUT2D eigenvalue weighted by Crippen LogP contribution is 2.30. The Morgan fingerprint density at radius 2 is 2.46 bits per heavy atom. The van der Waals surface area contributed by atoms with Crippen molar-refractivity contribution in [3.05, 3.63) is 11.6 Å². The van der Waals surface area contributed by atoms with E-state index in [2.05, 4.69) is 19.9 Å². The standard InChI is InChI=1S/C11H17NO/c1-8-5-9(2)7-10(6-8)11(13)3-4-12/h5,8,10-11,13H,3,6-7H2,1-2H3. The molecule has 0 aromatic heterocycles. The number of nitrogens with zero attached hydrogens (tertiary/aromatic N) is 1. The molecule has 0 spiro atoms. The van der Waals surface area contributed by atoms with Gasteiger partial charge in [-0.1, -0.05) is 18.6 Å². The summed E-state index contributed by atoms with van der Waals surface area (Å²) in [6.07, 6.45) is 4.06. The largest absolute Gasteiger partial charge is 0.392 e. The molecule has 3 atom stereocenters. The van der Waals surface area contributed by atoms with Gasteiger partial charge in [0.15, 0.2) is 0 Å². The molecule has 1 aliphatic carbocycles. The van der Waals surface area contributed by atoms with Gasteiger partial charge in [0.25, 0.3) is 0 Å². The Morgan fingerprint density at radius 3 is 3.00 bits per heavy atom. The molecular weight excluding hydrogens is 162 g/mol. The van der Waals surface area contributed by atoms with Gasteiger partial charge >= 0.3 is 0 Å². The van der Waals surface area contributed by atoms with E-state index in [1.165, 1.54) is 5.57 Å². The third-order valence-electron chi connectivity index (χ3n) is 2.67. The zero-order valence-corrected chi connectivity index (χ0v) is 8.33. The predicted octanol–water partition coefficient (Wildman–Crippen LogP) is 2.25. The quantitative estimate of drug-likeness (QED) is 0.661. The van der Waals surface area contributed by atoms with Crippen LogP contribution < -0.4 is 0 Å². The summed E-state index contributed by atoms with van der Waals surface area (Å²) in [5, 5.41) is 18.1. The molecule has 1 rings (SSSR count). The summed E-state index contributed by atoms with van der Waals surface area (Å²) >= 11 is 0. The summed E-state index contributed by atoms with van der Waals surface area (Å²) in [7, 11) is 0. The molecule has 3 unspecified atom stereocenters. The van der Waals surface area contributed by atoms with E-state index in [4.69, 9.17) is 5.26 Å². The van der Waals surface area contributed by atoms with E-state index in [-0.39, 0.29) is 6.42 Å². The predicted molar refractivity (Wildman–Crippen MR) is 51.9 cm³/mol. The third kappa shape index (κ3) is 2.86. The fraction of sp³-hybridized carbons (Fsp3) is 0.727. The molecule has 0 heterocycles. The first-order valence-corrected chi connectivity index (χ1v) is 4.85. The first-order valence-electron chi connectivity index (χ1n) is 4.85. The van der Waals surface area contributed by atoms with E-state index >= 15 is 0 Å². The Balaban J connectivity index is 2.55. The van der Waals surface area contributed by atoms with Crippen molar-refractivity contribution in [1.82, 2.24) is 0 Å². The lowest BCUT2D eigenvalue weighted by atomic mass is 9.80. The molecule has 1 N–H and O–H groups in total. The fourth-order valence-electron chi connectivity index (χ4n) is 2.15. The van der Waals surface area contributed by atoms with Crippen molar-refractivity contribution in [2.45, 2.75) is 39.2 Å². The number of aliphatic hydroxyl groups excluding tert-OH is 1. The molecule has 0 saturated heterocycles. The zero-order valence-electron chi connectivity index (χ0n) is 8.33. The van der Waals surface area contributed by atoms with Crippen LogP contribution in [0.1, 0.15) is 33.1 Å². The maximum Gasteiger partial charge on any atom is 0.0701 e. The van der Waals surface area contributed by atoms with Crippen molar-refractivity contribution in [3.8, 4) is 6.07 Å². The van der Waals surface area contributed by atoms with Crippen LogP contribution >= 0.6 is 0 Å². The van der Waals surface area contributed by atoms with Crippen molar-refractivity contribution in [2.24, 2.45) is 11.8 Å². The van der Waals surface area contributed by atoms with Crippen LogP contribution in [-0.4, -0.2) is 11.2 Å². The highest BCUT2D eigenvalue weighted by molar-refractivity contribution is 5.07. The minimum Gasteiger partial charge on any atom is -0.392 e. The average Bonchev–Trinajstić information content (AvgIpc) is 2.03. The van der Waals surface area contributed by atoms with Gasteiger partial charge in [0.1, 0.15) is 0 Å². The Kier molecular flexibility index (Phi) is 3.50. The van der Waals surface area contributed by atoms with E-state index < -0.39 is 6.10 Å². The lowest BCUT2D eigenvalue weighted by Gasteiger charge is -2.28. The summed E-state index contributed by atoms with van der Waals surface area (Å²) in [6.45, 7) is 4.26. The van der Waals surface area contributed by atoms with Crippen LogP contribution in [0.4, 0.5) is 0 Å². The molecule has 0 aromatic rings. The van der Waals surface area contributed by atoms with Crippen LogP contribution in [0.15, 0.2) is 11.6 Å². The Hall–Kier alpha value is -0.810. The molecule has 0 radical (unpaired) electrons. The first kappa shape index (κ1) is 10.3. The highest BCUT2D eigenvalue weighted by atomic mass is 16.3. The van der Waals surface area contributed by atoms with Gasteiger partial charge in [0.05, 0.1) is 18.6 Å². The van der Waals surface area contributed by atoms with Crippen molar-refractivity contribution in [2.75, 3.05) is 0 Å². The number of rotatable bonds is 2. The number of aliphatic hydroxyl groups is 1. The normalized spacial score (nSPS) is 30.5. The fourth-order valence-corrected chi connectivity index (χ4v) is 2.15. The van der Waals surface area contributed by atoms with Crippen LogP contribution in [0, 0.1) is 23.2 Å². The van der Waals surface area contributed by atoms with Crippen molar-refractivity contribution < 1.29 is 5.11 Å². The lowest BCUT2D eigenvalue weighted by Crippen LogP contribution is -2.24. The Morgan fingerprint density at radius 1 is 1.77 bits per heavy atom. The van der Waals surface area contributed by atoms with E-state index in [0.717, 1.165) is 12.8 Å². The molecule has 2 heteroatoms. The second-order valence-electron chi connectivity index (χ2n) is 4.12. The molecule has 0 bridgehead atoms. The molecule has 0 aromatic carbocycles. The van der Waals surface area contributed by atoms with Crippen LogP contribution in [0.2, 0.25) is 0 Å². The molecule has 13 heavy (non-hydrogen) atoms. The Labute approximate surface area is 79.9 Å². The molecular formula is C11H17NO. The monoisotopic (exact) mass is 179 g/mol. The second kappa shape index (κ2) is 4.43. The summed E-state index contributed by atoms with van der Waals surface area (Å²) < 4.78 is 0. The van der Waals surface area contributed by atoms with E-state index in [1.54, 1.807) is 0 Å². The van der Waals surface area contributed by atoms with Gasteiger partial charge in [-0.05, 0) is 31.6 Å².